The van der Waals surface area contributed by atoms with Gasteiger partial charge >= 0.3 is 11.9 Å². The number of rotatable bonds is 6. The van der Waals surface area contributed by atoms with Crippen molar-refractivity contribution in [2.75, 3.05) is 13.2 Å². The van der Waals surface area contributed by atoms with E-state index in [-0.39, 0.29) is 30.5 Å². The standard InChI is InChI=1S/C14H13Cl2F3N4O3/c1-22-12(14(17,18)19)21-23(13(22)25)5-4-20-11(24)7-26-10-3-2-8(15)6-9(10)16/h2-3,6H,4-5,7H2,1H3,(H,20,24). The molecule has 1 N–H and O–H groups in total. The zero-order valence-corrected chi connectivity index (χ0v) is 14.8. The Kier molecular flexibility index (Phi) is 6.19. The van der Waals surface area contributed by atoms with Crippen LogP contribution in [0, 0.1) is 0 Å². The monoisotopic (exact) mass is 412 g/mol. The van der Waals surface area contributed by atoms with Gasteiger partial charge in [-0.15, -0.1) is 5.10 Å². The molecule has 26 heavy (non-hydrogen) atoms. The summed E-state index contributed by atoms with van der Waals surface area (Å²) in [5, 5.41) is 6.26. The molecule has 142 valence electrons. The molecule has 1 aromatic carbocycles. The molecule has 0 aliphatic heterocycles. The van der Waals surface area contributed by atoms with E-state index in [9.17, 15) is 22.8 Å². The Morgan fingerprint density at radius 1 is 1.35 bits per heavy atom. The Bertz CT molecular complexity index is 864. The first kappa shape index (κ1) is 20.1. The van der Waals surface area contributed by atoms with Crippen LogP contribution in [0.3, 0.4) is 0 Å². The number of ether oxygens (including phenoxy) is 1. The zero-order valence-electron chi connectivity index (χ0n) is 13.3. The van der Waals surface area contributed by atoms with Gasteiger partial charge in [0.25, 0.3) is 5.91 Å². The second-order valence-corrected chi connectivity index (χ2v) is 5.94. The lowest BCUT2D eigenvalue weighted by Crippen LogP contribution is -2.34. The zero-order chi connectivity index (χ0) is 19.5. The SMILES string of the molecule is Cn1c(C(F)(F)F)nn(CCNC(=O)COc2ccc(Cl)cc2Cl)c1=O. The molecule has 1 heterocycles. The van der Waals surface area contributed by atoms with E-state index in [1.54, 1.807) is 0 Å². The van der Waals surface area contributed by atoms with Crippen LogP contribution in [0.5, 0.6) is 5.75 Å². The van der Waals surface area contributed by atoms with Gasteiger partial charge in [-0.3, -0.25) is 9.36 Å². The highest BCUT2D eigenvalue weighted by atomic mass is 35.5. The summed E-state index contributed by atoms with van der Waals surface area (Å²) in [5.41, 5.74) is -0.934. The lowest BCUT2D eigenvalue weighted by atomic mass is 10.3. The quantitative estimate of drug-likeness (QED) is 0.787. The van der Waals surface area contributed by atoms with Gasteiger partial charge in [0.1, 0.15) is 5.75 Å². The number of benzene rings is 1. The first-order valence-corrected chi connectivity index (χ1v) is 7.90. The Morgan fingerprint density at radius 3 is 2.62 bits per heavy atom. The molecule has 12 heteroatoms. The Hall–Kier alpha value is -2.20. The second-order valence-electron chi connectivity index (χ2n) is 5.10. The van der Waals surface area contributed by atoms with Gasteiger partial charge in [0.2, 0.25) is 5.82 Å². The third-order valence-corrected chi connectivity index (χ3v) is 3.72. The number of nitrogens with zero attached hydrogens (tertiary/aromatic N) is 3. The normalized spacial score (nSPS) is 11.5. The van der Waals surface area contributed by atoms with E-state index in [1.807, 2.05) is 0 Å². The predicted octanol–water partition coefficient (Wildman–Crippen LogP) is 2.10. The highest BCUT2D eigenvalue weighted by Gasteiger charge is 2.37. The summed E-state index contributed by atoms with van der Waals surface area (Å²) >= 11 is 11.6. The van der Waals surface area contributed by atoms with Crippen molar-refractivity contribution in [3.63, 3.8) is 0 Å². The molecule has 1 amide bonds. The number of hydrogen-bond acceptors (Lipinski definition) is 4. The average molecular weight is 413 g/mol. The minimum absolute atomic E-state index is 0.106. The van der Waals surface area contributed by atoms with E-state index in [0.717, 1.165) is 7.05 Å². The molecule has 2 rings (SSSR count). The topological polar surface area (TPSA) is 78.2 Å². The minimum Gasteiger partial charge on any atom is -0.482 e. The lowest BCUT2D eigenvalue weighted by Gasteiger charge is -2.08. The smallest absolute Gasteiger partial charge is 0.451 e. The van der Waals surface area contributed by atoms with Crippen LogP contribution in [0.2, 0.25) is 10.0 Å². The first-order chi connectivity index (χ1) is 12.1. The van der Waals surface area contributed by atoms with Gasteiger partial charge in [0, 0.05) is 18.6 Å². The first-order valence-electron chi connectivity index (χ1n) is 7.15. The van der Waals surface area contributed by atoms with Gasteiger partial charge < -0.3 is 10.1 Å². The Balaban J connectivity index is 1.86. The van der Waals surface area contributed by atoms with E-state index in [1.165, 1.54) is 18.2 Å². The van der Waals surface area contributed by atoms with Crippen molar-refractivity contribution in [1.29, 1.82) is 0 Å². The molecule has 2 aromatic rings. The fourth-order valence-corrected chi connectivity index (χ4v) is 2.43. The number of nitrogens with one attached hydrogen (secondary N) is 1. The number of aromatic nitrogens is 3. The van der Waals surface area contributed by atoms with Gasteiger partial charge in [-0.1, -0.05) is 23.2 Å². The summed E-state index contributed by atoms with van der Waals surface area (Å²) in [7, 11) is 0.969. The number of carbonyl (C=O) groups is 1. The molecule has 0 atom stereocenters. The lowest BCUT2D eigenvalue weighted by molar-refractivity contribution is -0.147. The van der Waals surface area contributed by atoms with Gasteiger partial charge in [-0.2, -0.15) is 13.2 Å². The molecule has 0 unspecified atom stereocenters. The van der Waals surface area contributed by atoms with Gasteiger partial charge in [0.15, 0.2) is 6.61 Å². The van der Waals surface area contributed by atoms with Crippen LogP contribution in [0.1, 0.15) is 5.82 Å². The van der Waals surface area contributed by atoms with Crippen molar-refractivity contribution in [1.82, 2.24) is 19.7 Å². The summed E-state index contributed by atoms with van der Waals surface area (Å²) in [6, 6.07) is 4.47. The van der Waals surface area contributed by atoms with Crippen LogP contribution in [0.25, 0.3) is 0 Å². The molecule has 0 aliphatic rings. The van der Waals surface area contributed by atoms with Crippen LogP contribution < -0.4 is 15.7 Å². The number of halogens is 5. The molecular weight excluding hydrogens is 400 g/mol. The molecule has 0 bridgehead atoms. The van der Waals surface area contributed by atoms with Gasteiger partial charge in [-0.25, -0.2) is 9.48 Å². The molecule has 0 aliphatic carbocycles. The molecule has 0 radical (unpaired) electrons. The predicted molar refractivity (Wildman–Crippen MR) is 87.4 cm³/mol. The van der Waals surface area contributed by atoms with Crippen LogP contribution >= 0.6 is 23.2 Å². The Morgan fingerprint density at radius 2 is 2.04 bits per heavy atom. The van der Waals surface area contributed by atoms with Crippen LogP contribution in [0.4, 0.5) is 13.2 Å². The second kappa shape index (κ2) is 8.00. The molecule has 1 aromatic heterocycles. The van der Waals surface area contributed by atoms with E-state index >= 15 is 0 Å². The van der Waals surface area contributed by atoms with Crippen LogP contribution in [-0.2, 0) is 24.6 Å². The van der Waals surface area contributed by atoms with Crippen LogP contribution in [0.15, 0.2) is 23.0 Å². The molecule has 0 fully saturated rings. The third-order valence-electron chi connectivity index (χ3n) is 3.19. The van der Waals surface area contributed by atoms with E-state index < -0.39 is 23.6 Å². The molecular formula is C14H13Cl2F3N4O3. The molecule has 0 saturated carbocycles. The summed E-state index contributed by atoms with van der Waals surface area (Å²) in [5.74, 6) is -1.60. The van der Waals surface area contributed by atoms with Crippen molar-refractivity contribution in [2.24, 2.45) is 7.05 Å². The van der Waals surface area contributed by atoms with Crippen molar-refractivity contribution in [3.05, 3.63) is 44.6 Å². The fraction of sp³-hybridized carbons (Fsp3) is 0.357. The van der Waals surface area contributed by atoms with Crippen molar-refractivity contribution < 1.29 is 22.7 Å². The summed E-state index contributed by atoms with van der Waals surface area (Å²) < 4.78 is 44.2. The van der Waals surface area contributed by atoms with Gasteiger partial charge in [0.05, 0.1) is 11.6 Å². The Labute approximate surface area is 155 Å². The number of alkyl halides is 3. The van der Waals surface area contributed by atoms with E-state index in [0.29, 0.717) is 14.3 Å². The number of carbonyl (C=O) groups excluding carboxylic acids is 1. The van der Waals surface area contributed by atoms with Gasteiger partial charge in [-0.05, 0) is 18.2 Å². The maximum absolute atomic E-state index is 12.7. The highest BCUT2D eigenvalue weighted by molar-refractivity contribution is 6.35. The van der Waals surface area contributed by atoms with Crippen molar-refractivity contribution >= 4 is 29.1 Å². The molecule has 0 saturated heterocycles. The van der Waals surface area contributed by atoms with Crippen molar-refractivity contribution in [2.45, 2.75) is 12.7 Å². The third kappa shape index (κ3) is 4.92. The minimum atomic E-state index is -4.74. The van der Waals surface area contributed by atoms with E-state index in [4.69, 9.17) is 27.9 Å². The molecule has 0 spiro atoms. The fourth-order valence-electron chi connectivity index (χ4n) is 1.97. The number of hydrogen-bond donors (Lipinski definition) is 1. The summed E-state index contributed by atoms with van der Waals surface area (Å²) in [6.45, 7) is -0.701. The largest absolute Gasteiger partial charge is 0.482 e. The summed E-state index contributed by atoms with van der Waals surface area (Å²) in [4.78, 5) is 23.4. The maximum atomic E-state index is 12.7. The van der Waals surface area contributed by atoms with Crippen LogP contribution in [-0.4, -0.2) is 33.4 Å². The maximum Gasteiger partial charge on any atom is 0.451 e. The molecule has 7 nitrogen and oxygen atoms in total. The van der Waals surface area contributed by atoms with E-state index in [2.05, 4.69) is 10.4 Å². The highest BCUT2D eigenvalue weighted by Crippen LogP contribution is 2.27. The average Bonchev–Trinajstić information content (AvgIpc) is 2.82. The summed E-state index contributed by atoms with van der Waals surface area (Å²) in [6.07, 6.45) is -4.74. The van der Waals surface area contributed by atoms with Crippen molar-refractivity contribution in [3.8, 4) is 5.75 Å². The number of amides is 1.